The van der Waals surface area contributed by atoms with Crippen LogP contribution in [-0.2, 0) is 6.54 Å². The van der Waals surface area contributed by atoms with Crippen molar-refractivity contribution in [1.29, 1.82) is 0 Å². The van der Waals surface area contributed by atoms with Gasteiger partial charge in [0.25, 0.3) is 0 Å². The number of likely N-dealkylation sites (N-methyl/N-ethyl adjacent to an activating group) is 1. The number of fused-ring (bicyclic) bond motifs is 2. The van der Waals surface area contributed by atoms with Crippen LogP contribution in [0, 0.1) is 0 Å². The second kappa shape index (κ2) is 8.04. The van der Waals surface area contributed by atoms with Gasteiger partial charge in [0.15, 0.2) is 6.20 Å². The molecule has 26 heavy (non-hydrogen) atoms. The number of pyridine rings is 1. The summed E-state index contributed by atoms with van der Waals surface area (Å²) >= 11 is 0. The summed E-state index contributed by atoms with van der Waals surface area (Å²) in [5, 5.41) is 1.29. The van der Waals surface area contributed by atoms with Gasteiger partial charge in [0.2, 0.25) is 5.52 Å². The molecule has 0 spiro atoms. The summed E-state index contributed by atoms with van der Waals surface area (Å²) in [6, 6.07) is 19.4. The highest BCUT2D eigenvalue weighted by molar-refractivity contribution is 5.88. The van der Waals surface area contributed by atoms with Crippen LogP contribution in [0.3, 0.4) is 0 Å². The maximum Gasteiger partial charge on any atom is 0.213 e. The molecule has 0 amide bonds. The number of hydrogen-bond donors (Lipinski definition) is 0. The van der Waals surface area contributed by atoms with E-state index in [4.69, 9.17) is 0 Å². The number of anilines is 1. The Morgan fingerprint density at radius 1 is 0.923 bits per heavy atom. The summed E-state index contributed by atoms with van der Waals surface area (Å²) in [5.41, 5.74) is 6.34. The summed E-state index contributed by atoms with van der Waals surface area (Å²) in [7, 11) is 0. The summed E-state index contributed by atoms with van der Waals surface area (Å²) in [6.07, 6.45) is 8.93. The largest absolute Gasteiger partial charge is 1.00 e. The van der Waals surface area contributed by atoms with Crippen molar-refractivity contribution in [2.75, 3.05) is 11.4 Å². The monoisotopic (exact) mass is 454 g/mol. The van der Waals surface area contributed by atoms with Gasteiger partial charge >= 0.3 is 0 Å². The summed E-state index contributed by atoms with van der Waals surface area (Å²) in [5.74, 6) is 0. The molecule has 4 rings (SSSR count). The Hall–Kier alpha value is -2.14. The molecule has 1 aliphatic heterocycles. The fourth-order valence-electron chi connectivity index (χ4n) is 3.63. The molecule has 2 heterocycles. The average Bonchev–Trinajstić information content (AvgIpc) is 2.68. The second-order valence-corrected chi connectivity index (χ2v) is 6.28. The van der Waals surface area contributed by atoms with E-state index in [2.05, 4.69) is 102 Å². The zero-order valence-corrected chi connectivity index (χ0v) is 17.3. The van der Waals surface area contributed by atoms with Crippen molar-refractivity contribution in [3.05, 3.63) is 83.7 Å². The molecule has 1 aliphatic rings. The molecule has 3 heteroatoms. The van der Waals surface area contributed by atoms with Crippen molar-refractivity contribution < 1.29 is 28.5 Å². The third-order valence-corrected chi connectivity index (χ3v) is 4.89. The summed E-state index contributed by atoms with van der Waals surface area (Å²) in [6.45, 7) is 6.32. The number of aryl methyl sites for hydroxylation is 1. The molecule has 0 fully saturated rings. The second-order valence-electron chi connectivity index (χ2n) is 6.28. The Balaban J connectivity index is 0.00000196. The lowest BCUT2D eigenvalue weighted by Crippen LogP contribution is -3.00. The zero-order valence-electron chi connectivity index (χ0n) is 15.2. The molecular weight excluding hydrogens is 431 g/mol. The van der Waals surface area contributed by atoms with Crippen LogP contribution >= 0.6 is 0 Å². The van der Waals surface area contributed by atoms with Crippen molar-refractivity contribution in [1.82, 2.24) is 0 Å². The van der Waals surface area contributed by atoms with Gasteiger partial charge < -0.3 is 28.9 Å². The van der Waals surface area contributed by atoms with Gasteiger partial charge in [0.1, 0.15) is 6.54 Å². The van der Waals surface area contributed by atoms with E-state index in [1.54, 1.807) is 0 Å². The predicted octanol–water partition coefficient (Wildman–Crippen LogP) is 2.05. The van der Waals surface area contributed by atoms with Gasteiger partial charge in [-0.2, -0.15) is 4.57 Å². The number of hydrogen-bond acceptors (Lipinski definition) is 1. The average molecular weight is 454 g/mol. The third kappa shape index (κ3) is 3.28. The van der Waals surface area contributed by atoms with E-state index < -0.39 is 0 Å². The molecule has 0 saturated heterocycles. The van der Waals surface area contributed by atoms with Gasteiger partial charge in [-0.25, -0.2) is 0 Å². The molecule has 2 nitrogen and oxygen atoms in total. The Kier molecular flexibility index (Phi) is 5.77. The van der Waals surface area contributed by atoms with Crippen LogP contribution in [0.2, 0.25) is 0 Å². The third-order valence-electron chi connectivity index (χ3n) is 4.89. The van der Waals surface area contributed by atoms with Gasteiger partial charge in [-0.05, 0) is 49.3 Å². The van der Waals surface area contributed by atoms with Gasteiger partial charge in [-0.3, -0.25) is 0 Å². The lowest BCUT2D eigenvalue weighted by molar-refractivity contribution is -0.667. The molecular formula is C23H23IN2. The minimum absolute atomic E-state index is 0. The molecule has 0 N–H and O–H groups in total. The lowest BCUT2D eigenvalue weighted by Gasteiger charge is -2.29. The molecule has 0 bridgehead atoms. The van der Waals surface area contributed by atoms with Gasteiger partial charge in [-0.1, -0.05) is 36.4 Å². The van der Waals surface area contributed by atoms with Crippen molar-refractivity contribution in [2.45, 2.75) is 20.4 Å². The van der Waals surface area contributed by atoms with Crippen LogP contribution in [0.4, 0.5) is 5.69 Å². The number of aromatic nitrogens is 1. The maximum absolute atomic E-state index is 2.38. The first-order valence-corrected chi connectivity index (χ1v) is 8.99. The Morgan fingerprint density at radius 3 is 2.50 bits per heavy atom. The van der Waals surface area contributed by atoms with E-state index in [1.165, 1.54) is 33.4 Å². The quantitative estimate of drug-likeness (QED) is 0.434. The van der Waals surface area contributed by atoms with E-state index in [0.29, 0.717) is 0 Å². The van der Waals surface area contributed by atoms with Crippen LogP contribution in [-0.4, -0.2) is 6.54 Å². The van der Waals surface area contributed by atoms with Crippen molar-refractivity contribution in [2.24, 2.45) is 0 Å². The first-order valence-electron chi connectivity index (χ1n) is 8.99. The van der Waals surface area contributed by atoms with E-state index in [1.807, 2.05) is 0 Å². The van der Waals surface area contributed by atoms with E-state index in [0.717, 1.165) is 13.1 Å². The molecule has 132 valence electrons. The van der Waals surface area contributed by atoms with E-state index in [-0.39, 0.29) is 24.0 Å². The molecule has 3 aromatic rings. The fourth-order valence-corrected chi connectivity index (χ4v) is 3.63. The fraction of sp³-hybridized carbons (Fsp3) is 0.174. The minimum Gasteiger partial charge on any atom is -1.00 e. The molecule has 0 aliphatic carbocycles. The Labute approximate surface area is 172 Å². The highest BCUT2D eigenvalue weighted by Crippen LogP contribution is 2.32. The highest BCUT2D eigenvalue weighted by atomic mass is 127. The highest BCUT2D eigenvalue weighted by Gasteiger charge is 2.16. The SMILES string of the molecule is CCN1/C(=C/c2cc[n+](CC)c3ccccc23)C=Cc2ccccc21.[I-]. The first kappa shape index (κ1) is 18.6. The summed E-state index contributed by atoms with van der Waals surface area (Å²) < 4.78 is 2.29. The normalized spacial score (nSPS) is 14.4. The predicted molar refractivity (Wildman–Crippen MR) is 106 cm³/mol. The topological polar surface area (TPSA) is 7.12 Å². The van der Waals surface area contributed by atoms with Gasteiger partial charge in [0.05, 0.1) is 5.39 Å². The minimum atomic E-state index is 0. The standard InChI is InChI=1S/C23H23N2.HI/c1-3-24-16-15-19(21-10-6-8-12-23(21)24)17-20-14-13-18-9-5-7-11-22(18)25(20)4-2;/h5-17H,3-4H2,1-2H3;1H/q+1;/p-1. The zero-order chi connectivity index (χ0) is 17.2. The maximum atomic E-state index is 2.38. The van der Waals surface area contributed by atoms with Crippen molar-refractivity contribution >= 4 is 28.7 Å². The Bertz CT molecular complexity index is 988. The van der Waals surface area contributed by atoms with Crippen LogP contribution in [0.1, 0.15) is 25.0 Å². The Morgan fingerprint density at radius 2 is 1.69 bits per heavy atom. The van der Waals surface area contributed by atoms with Crippen LogP contribution < -0.4 is 33.4 Å². The molecule has 2 aromatic carbocycles. The molecule has 0 radical (unpaired) electrons. The molecule has 0 unspecified atom stereocenters. The number of nitrogens with zero attached hydrogens (tertiary/aromatic N) is 2. The van der Waals surface area contributed by atoms with Crippen molar-refractivity contribution in [3.8, 4) is 0 Å². The smallest absolute Gasteiger partial charge is 0.213 e. The molecule has 0 saturated carbocycles. The number of rotatable bonds is 3. The van der Waals surface area contributed by atoms with Crippen LogP contribution in [0.5, 0.6) is 0 Å². The van der Waals surface area contributed by atoms with E-state index in [9.17, 15) is 0 Å². The number of allylic oxidation sites excluding steroid dienone is 1. The first-order chi connectivity index (χ1) is 12.3. The molecule has 1 aromatic heterocycles. The van der Waals surface area contributed by atoms with E-state index >= 15 is 0 Å². The van der Waals surface area contributed by atoms with Crippen LogP contribution in [0.25, 0.3) is 23.1 Å². The number of para-hydroxylation sites is 2. The summed E-state index contributed by atoms with van der Waals surface area (Å²) in [4.78, 5) is 2.38. The number of halogens is 1. The van der Waals surface area contributed by atoms with Gasteiger partial charge in [0, 0.05) is 30.1 Å². The number of benzene rings is 2. The van der Waals surface area contributed by atoms with Gasteiger partial charge in [-0.15, -0.1) is 0 Å². The van der Waals surface area contributed by atoms with Crippen LogP contribution in [0.15, 0.2) is 72.6 Å². The molecule has 0 atom stereocenters. The van der Waals surface area contributed by atoms with Crippen molar-refractivity contribution in [3.63, 3.8) is 0 Å². The lowest BCUT2D eigenvalue weighted by atomic mass is 10.0.